The number of amides is 1. The van der Waals surface area contributed by atoms with Crippen molar-refractivity contribution in [1.82, 2.24) is 14.9 Å². The third kappa shape index (κ3) is 7.59. The molecule has 3 aromatic rings. The number of rotatable bonds is 9. The van der Waals surface area contributed by atoms with E-state index in [-0.39, 0.29) is 34.3 Å². The standard InChI is InChI=1S/C29H33ClF4N6O3S/c1-16(2)27(35)28(41)40(3)24-12-18(17-5-4-6-19(11-17)29(32,33)34)7-8-22(24)38-23-14-21(31)25(13-20(23)30)44(42,43)39-26-9-10-36-15-37-26/h4-6,9-11,13-16,18,22,24,27,38H,7-8,12,35H2,1-3H3,(H,36,37,39)/t18-,22?,24?,27-/m0/s1. The Kier molecular flexibility index (Phi) is 10.1. The van der Waals surface area contributed by atoms with Crippen molar-refractivity contribution in [3.8, 4) is 0 Å². The topological polar surface area (TPSA) is 130 Å². The van der Waals surface area contributed by atoms with Gasteiger partial charge in [-0.2, -0.15) is 13.2 Å². The van der Waals surface area contributed by atoms with Crippen LogP contribution in [0.15, 0.2) is 59.9 Å². The summed E-state index contributed by atoms with van der Waals surface area (Å²) in [6.07, 6.45) is -0.925. The fourth-order valence-corrected chi connectivity index (χ4v) is 6.66. The highest BCUT2D eigenvalue weighted by Crippen LogP contribution is 2.40. The van der Waals surface area contributed by atoms with E-state index in [1.54, 1.807) is 27.0 Å². The predicted molar refractivity (Wildman–Crippen MR) is 159 cm³/mol. The molecule has 0 aliphatic heterocycles. The number of nitrogens with zero attached hydrogens (tertiary/aromatic N) is 3. The molecule has 0 radical (unpaired) electrons. The molecule has 1 aliphatic carbocycles. The van der Waals surface area contributed by atoms with Crippen LogP contribution in [0.5, 0.6) is 0 Å². The number of carbonyl (C=O) groups excluding carboxylic acids is 1. The van der Waals surface area contributed by atoms with Crippen LogP contribution in [0.3, 0.4) is 0 Å². The van der Waals surface area contributed by atoms with Crippen molar-refractivity contribution in [2.75, 3.05) is 17.1 Å². The monoisotopic (exact) mass is 656 g/mol. The molecular weight excluding hydrogens is 624 g/mol. The SMILES string of the molecule is CC(C)[C@H](N)C(=O)N(C)C1C[C@@H](c2cccc(C(F)(F)F)c2)CCC1Nc1cc(F)c(S(=O)(=O)Nc2ccncn2)cc1Cl. The molecule has 1 aliphatic rings. The molecule has 238 valence electrons. The summed E-state index contributed by atoms with van der Waals surface area (Å²) < 4.78 is 83.4. The highest BCUT2D eigenvalue weighted by Gasteiger charge is 2.39. The van der Waals surface area contributed by atoms with E-state index < -0.39 is 50.6 Å². The number of anilines is 2. The molecule has 1 saturated carbocycles. The summed E-state index contributed by atoms with van der Waals surface area (Å²) in [5.74, 6) is -1.98. The van der Waals surface area contributed by atoms with Gasteiger partial charge >= 0.3 is 6.18 Å². The summed E-state index contributed by atoms with van der Waals surface area (Å²) >= 11 is 6.44. The third-order valence-corrected chi connectivity index (χ3v) is 9.51. The Hall–Kier alpha value is -3.49. The van der Waals surface area contributed by atoms with Crippen LogP contribution in [-0.2, 0) is 21.0 Å². The number of likely N-dealkylation sites (N-methyl/N-ethyl adjacent to an activating group) is 1. The van der Waals surface area contributed by atoms with Gasteiger partial charge in [0.25, 0.3) is 10.0 Å². The maximum Gasteiger partial charge on any atom is 0.416 e. The first-order valence-corrected chi connectivity index (χ1v) is 15.7. The molecule has 0 saturated heterocycles. The van der Waals surface area contributed by atoms with Crippen LogP contribution in [0.2, 0.25) is 5.02 Å². The summed E-state index contributed by atoms with van der Waals surface area (Å²) in [5, 5.41) is 3.06. The fraction of sp³-hybridized carbons (Fsp3) is 0.414. The zero-order chi connectivity index (χ0) is 32.4. The van der Waals surface area contributed by atoms with Crippen LogP contribution in [0, 0.1) is 11.7 Å². The molecule has 0 spiro atoms. The average Bonchev–Trinajstić information content (AvgIpc) is 2.97. The summed E-state index contributed by atoms with van der Waals surface area (Å²) in [5.41, 5.74) is 5.98. The van der Waals surface area contributed by atoms with Gasteiger partial charge in [-0.15, -0.1) is 0 Å². The zero-order valence-corrected chi connectivity index (χ0v) is 25.7. The van der Waals surface area contributed by atoms with Crippen molar-refractivity contribution < 1.29 is 30.8 Å². The van der Waals surface area contributed by atoms with Crippen LogP contribution in [-0.4, -0.2) is 54.4 Å². The molecule has 1 heterocycles. The van der Waals surface area contributed by atoms with E-state index in [4.69, 9.17) is 17.3 Å². The molecule has 1 amide bonds. The van der Waals surface area contributed by atoms with Crippen molar-refractivity contribution in [3.05, 3.63) is 77.0 Å². The Morgan fingerprint density at radius 3 is 2.52 bits per heavy atom. The van der Waals surface area contributed by atoms with E-state index in [0.717, 1.165) is 30.6 Å². The lowest BCUT2D eigenvalue weighted by molar-refractivity contribution is -0.137. The molecule has 15 heteroatoms. The molecule has 2 aromatic carbocycles. The van der Waals surface area contributed by atoms with Gasteiger partial charge in [-0.05, 0) is 60.9 Å². The van der Waals surface area contributed by atoms with Gasteiger partial charge in [0.05, 0.1) is 28.4 Å². The second kappa shape index (κ2) is 13.2. The van der Waals surface area contributed by atoms with Crippen LogP contribution in [0.1, 0.15) is 50.2 Å². The number of halogens is 5. The summed E-state index contributed by atoms with van der Waals surface area (Å²) in [7, 11) is -2.82. The zero-order valence-electron chi connectivity index (χ0n) is 24.1. The predicted octanol–water partition coefficient (Wildman–Crippen LogP) is 5.65. The first-order chi connectivity index (χ1) is 20.6. The molecular formula is C29H33ClF4N6O3S. The van der Waals surface area contributed by atoms with E-state index in [0.29, 0.717) is 24.8 Å². The van der Waals surface area contributed by atoms with Gasteiger partial charge in [-0.1, -0.05) is 43.6 Å². The van der Waals surface area contributed by atoms with Crippen LogP contribution < -0.4 is 15.8 Å². The van der Waals surface area contributed by atoms with Gasteiger partial charge in [-0.25, -0.2) is 22.8 Å². The number of hydrogen-bond donors (Lipinski definition) is 3. The smallest absolute Gasteiger partial charge is 0.379 e. The second-order valence-corrected chi connectivity index (χ2v) is 13.2. The quantitative estimate of drug-likeness (QED) is 0.254. The van der Waals surface area contributed by atoms with E-state index in [1.807, 2.05) is 0 Å². The lowest BCUT2D eigenvalue weighted by Crippen LogP contribution is -2.55. The molecule has 4 rings (SSSR count). The van der Waals surface area contributed by atoms with Crippen molar-refractivity contribution in [2.24, 2.45) is 11.7 Å². The van der Waals surface area contributed by atoms with Crippen molar-refractivity contribution in [3.63, 3.8) is 0 Å². The average molecular weight is 657 g/mol. The number of nitrogens with one attached hydrogen (secondary N) is 2. The molecule has 4 atom stereocenters. The van der Waals surface area contributed by atoms with Crippen LogP contribution in [0.25, 0.3) is 0 Å². The Labute approximate surface area is 258 Å². The highest BCUT2D eigenvalue weighted by atomic mass is 35.5. The molecule has 9 nitrogen and oxygen atoms in total. The van der Waals surface area contributed by atoms with E-state index in [1.165, 1.54) is 23.2 Å². The normalized spacial score (nSPS) is 19.8. The van der Waals surface area contributed by atoms with Gasteiger partial charge in [0, 0.05) is 19.3 Å². The number of benzene rings is 2. The summed E-state index contributed by atoms with van der Waals surface area (Å²) in [6, 6.07) is 6.45. The van der Waals surface area contributed by atoms with Crippen LogP contribution in [0.4, 0.5) is 29.1 Å². The number of sulfonamides is 1. The summed E-state index contributed by atoms with van der Waals surface area (Å²) in [6.45, 7) is 3.60. The van der Waals surface area contributed by atoms with Gasteiger partial charge < -0.3 is 16.0 Å². The van der Waals surface area contributed by atoms with E-state index in [9.17, 15) is 26.4 Å². The number of alkyl halides is 3. The van der Waals surface area contributed by atoms with Gasteiger partial charge in [0.2, 0.25) is 5.91 Å². The highest BCUT2D eigenvalue weighted by molar-refractivity contribution is 7.92. The first-order valence-electron chi connectivity index (χ1n) is 13.8. The molecule has 1 fully saturated rings. The molecule has 44 heavy (non-hydrogen) atoms. The second-order valence-electron chi connectivity index (χ2n) is 11.1. The Morgan fingerprint density at radius 1 is 1.16 bits per heavy atom. The minimum Gasteiger partial charge on any atom is -0.379 e. The van der Waals surface area contributed by atoms with E-state index >= 15 is 4.39 Å². The first kappa shape index (κ1) is 33.4. The fourth-order valence-electron chi connectivity index (χ4n) is 5.29. The number of nitrogens with two attached hydrogens (primary N) is 1. The lowest BCUT2D eigenvalue weighted by Gasteiger charge is -2.43. The van der Waals surface area contributed by atoms with Crippen molar-refractivity contribution in [1.29, 1.82) is 0 Å². The van der Waals surface area contributed by atoms with E-state index in [2.05, 4.69) is 20.0 Å². The number of hydrogen-bond acceptors (Lipinski definition) is 7. The van der Waals surface area contributed by atoms with Crippen LogP contribution >= 0.6 is 11.6 Å². The van der Waals surface area contributed by atoms with Gasteiger partial charge in [0.1, 0.15) is 22.9 Å². The Morgan fingerprint density at radius 2 is 1.89 bits per heavy atom. The molecule has 4 N–H and O–H groups in total. The maximum absolute atomic E-state index is 15.3. The van der Waals surface area contributed by atoms with Gasteiger partial charge in [-0.3, -0.25) is 9.52 Å². The Balaban J connectivity index is 1.63. The minimum atomic E-state index is -4.50. The number of aromatic nitrogens is 2. The largest absolute Gasteiger partial charge is 0.416 e. The number of carbonyl (C=O) groups is 1. The molecule has 2 unspecified atom stereocenters. The Bertz CT molecular complexity index is 1590. The van der Waals surface area contributed by atoms with Crippen molar-refractivity contribution in [2.45, 2.75) is 68.2 Å². The minimum absolute atomic E-state index is 0.0644. The third-order valence-electron chi connectivity index (χ3n) is 7.82. The molecule has 0 bridgehead atoms. The maximum atomic E-state index is 15.3. The molecule has 1 aromatic heterocycles. The summed E-state index contributed by atoms with van der Waals surface area (Å²) in [4.78, 5) is 21.6. The lowest BCUT2D eigenvalue weighted by atomic mass is 9.77. The van der Waals surface area contributed by atoms with Crippen molar-refractivity contribution >= 4 is 39.0 Å². The van der Waals surface area contributed by atoms with Gasteiger partial charge in [0.15, 0.2) is 0 Å².